The van der Waals surface area contributed by atoms with Crippen LogP contribution in [-0.4, -0.2) is 42.4 Å². The first-order valence-corrected chi connectivity index (χ1v) is 11.2. The number of nitrogens with zero attached hydrogens (tertiary/aromatic N) is 1. The molecule has 2 rings (SSSR count). The van der Waals surface area contributed by atoms with Crippen LogP contribution in [-0.2, 0) is 16.0 Å². The van der Waals surface area contributed by atoms with Gasteiger partial charge in [-0.25, -0.2) is 5.43 Å². The van der Waals surface area contributed by atoms with Crippen LogP contribution in [0.1, 0.15) is 37.5 Å². The third kappa shape index (κ3) is 7.65. The molecular formula is C26H33N3O5. The van der Waals surface area contributed by atoms with Gasteiger partial charge in [-0.15, -0.1) is 6.58 Å². The van der Waals surface area contributed by atoms with Crippen LogP contribution in [0.4, 0.5) is 0 Å². The molecule has 0 radical (unpaired) electrons. The number of hydrogen-bond donors (Lipinski definition) is 3. The SMILES string of the molecule is C=CCc1cc(/C=N\NC(=O)[C@H](NC(=O)COc2ccccc2C)C(C)C)cc(OCC)c1O. The Morgan fingerprint density at radius 3 is 2.56 bits per heavy atom. The molecule has 2 aromatic carbocycles. The number of carbonyl (C=O) groups excluding carboxylic acids is 2. The van der Waals surface area contributed by atoms with Gasteiger partial charge in [0, 0.05) is 5.56 Å². The minimum Gasteiger partial charge on any atom is -0.504 e. The van der Waals surface area contributed by atoms with Crippen LogP contribution in [0.3, 0.4) is 0 Å². The van der Waals surface area contributed by atoms with E-state index in [1.165, 1.54) is 6.21 Å². The normalized spacial score (nSPS) is 11.8. The number of rotatable bonds is 12. The maximum Gasteiger partial charge on any atom is 0.262 e. The quantitative estimate of drug-likeness (QED) is 0.251. The molecule has 3 N–H and O–H groups in total. The van der Waals surface area contributed by atoms with E-state index in [2.05, 4.69) is 22.4 Å². The van der Waals surface area contributed by atoms with Crippen LogP contribution in [0.15, 0.2) is 54.2 Å². The Bertz CT molecular complexity index is 1030. The number of amides is 2. The molecular weight excluding hydrogens is 434 g/mol. The average Bonchev–Trinajstić information content (AvgIpc) is 2.79. The van der Waals surface area contributed by atoms with Crippen molar-refractivity contribution < 1.29 is 24.2 Å². The Hall–Kier alpha value is -3.81. The molecule has 0 unspecified atom stereocenters. The van der Waals surface area contributed by atoms with Crippen molar-refractivity contribution in [3.63, 3.8) is 0 Å². The zero-order valence-electron chi connectivity index (χ0n) is 20.1. The number of aromatic hydroxyl groups is 1. The first-order chi connectivity index (χ1) is 16.3. The number of aryl methyl sites for hydroxylation is 1. The molecule has 0 saturated carbocycles. The van der Waals surface area contributed by atoms with E-state index in [0.717, 1.165) is 5.56 Å². The summed E-state index contributed by atoms with van der Waals surface area (Å²) in [4.78, 5) is 25.0. The van der Waals surface area contributed by atoms with Crippen molar-refractivity contribution in [1.82, 2.24) is 10.7 Å². The third-order valence-corrected chi connectivity index (χ3v) is 4.95. The van der Waals surface area contributed by atoms with Crippen LogP contribution in [0, 0.1) is 12.8 Å². The smallest absolute Gasteiger partial charge is 0.262 e. The Balaban J connectivity index is 2.02. The van der Waals surface area contributed by atoms with Gasteiger partial charge in [0.15, 0.2) is 18.1 Å². The number of ether oxygens (including phenoxy) is 2. The van der Waals surface area contributed by atoms with E-state index < -0.39 is 17.9 Å². The third-order valence-electron chi connectivity index (χ3n) is 4.95. The van der Waals surface area contributed by atoms with Crippen LogP contribution >= 0.6 is 0 Å². The minimum absolute atomic E-state index is 0.0541. The second kappa shape index (κ2) is 13.0. The van der Waals surface area contributed by atoms with Gasteiger partial charge in [0.25, 0.3) is 11.8 Å². The number of nitrogens with one attached hydrogen (secondary N) is 2. The molecule has 2 amide bonds. The number of para-hydroxylation sites is 1. The molecule has 8 nitrogen and oxygen atoms in total. The molecule has 34 heavy (non-hydrogen) atoms. The lowest BCUT2D eigenvalue weighted by Crippen LogP contribution is -2.49. The average molecular weight is 468 g/mol. The number of hydrazone groups is 1. The lowest BCUT2D eigenvalue weighted by molar-refractivity contribution is -0.131. The molecule has 0 aliphatic heterocycles. The minimum atomic E-state index is -0.791. The van der Waals surface area contributed by atoms with E-state index in [-0.39, 0.29) is 18.3 Å². The maximum absolute atomic E-state index is 12.7. The first-order valence-electron chi connectivity index (χ1n) is 11.2. The molecule has 8 heteroatoms. The van der Waals surface area contributed by atoms with E-state index in [0.29, 0.717) is 35.7 Å². The number of phenols is 1. The summed E-state index contributed by atoms with van der Waals surface area (Å²) in [6.45, 7) is 11.2. The van der Waals surface area contributed by atoms with Crippen LogP contribution in [0.25, 0.3) is 0 Å². The Morgan fingerprint density at radius 2 is 1.91 bits per heavy atom. The fourth-order valence-electron chi connectivity index (χ4n) is 3.19. The van der Waals surface area contributed by atoms with Gasteiger partial charge >= 0.3 is 0 Å². The zero-order chi connectivity index (χ0) is 25.1. The van der Waals surface area contributed by atoms with E-state index in [1.54, 1.807) is 24.3 Å². The van der Waals surface area contributed by atoms with E-state index in [9.17, 15) is 14.7 Å². The van der Waals surface area contributed by atoms with Crippen molar-refractivity contribution in [2.24, 2.45) is 11.0 Å². The zero-order valence-corrected chi connectivity index (χ0v) is 20.1. The molecule has 0 bridgehead atoms. The van der Waals surface area contributed by atoms with Crippen molar-refractivity contribution in [1.29, 1.82) is 0 Å². The van der Waals surface area contributed by atoms with Crippen LogP contribution in [0.2, 0.25) is 0 Å². The molecule has 0 aliphatic rings. The molecule has 0 aromatic heterocycles. The van der Waals surface area contributed by atoms with Crippen LogP contribution in [0.5, 0.6) is 17.2 Å². The number of phenolic OH excluding ortho intramolecular Hbond substituents is 1. The molecule has 0 heterocycles. The summed E-state index contributed by atoms with van der Waals surface area (Å²) in [6, 6.07) is 9.96. The second-order valence-corrected chi connectivity index (χ2v) is 8.03. The van der Waals surface area contributed by atoms with Crippen molar-refractivity contribution in [3.05, 3.63) is 65.7 Å². The van der Waals surface area contributed by atoms with Crippen LogP contribution < -0.4 is 20.2 Å². The van der Waals surface area contributed by atoms with Crippen molar-refractivity contribution in [2.45, 2.75) is 40.2 Å². The predicted molar refractivity (Wildman–Crippen MR) is 132 cm³/mol. The molecule has 182 valence electrons. The van der Waals surface area contributed by atoms with E-state index in [4.69, 9.17) is 9.47 Å². The van der Waals surface area contributed by atoms with E-state index in [1.807, 2.05) is 45.9 Å². The highest BCUT2D eigenvalue weighted by atomic mass is 16.5. The summed E-state index contributed by atoms with van der Waals surface area (Å²) in [6.07, 6.45) is 3.57. The first kappa shape index (κ1) is 26.4. The fraction of sp³-hybridized carbons (Fsp3) is 0.346. The Morgan fingerprint density at radius 1 is 1.18 bits per heavy atom. The summed E-state index contributed by atoms with van der Waals surface area (Å²) < 4.78 is 11.0. The van der Waals surface area contributed by atoms with Crippen molar-refractivity contribution in [2.75, 3.05) is 13.2 Å². The lowest BCUT2D eigenvalue weighted by Gasteiger charge is -2.20. The Labute approximate surface area is 200 Å². The van der Waals surface area contributed by atoms with Gasteiger partial charge in [-0.2, -0.15) is 5.10 Å². The number of carbonyl (C=O) groups is 2. The van der Waals surface area contributed by atoms with E-state index >= 15 is 0 Å². The summed E-state index contributed by atoms with van der Waals surface area (Å²) >= 11 is 0. The number of allylic oxidation sites excluding steroid dienone is 1. The highest BCUT2D eigenvalue weighted by Gasteiger charge is 2.24. The summed E-state index contributed by atoms with van der Waals surface area (Å²) in [5, 5.41) is 17.0. The molecule has 1 atom stereocenters. The maximum atomic E-state index is 12.7. The van der Waals surface area contributed by atoms with Gasteiger partial charge in [-0.05, 0) is 55.5 Å². The predicted octanol–water partition coefficient (Wildman–Crippen LogP) is 3.50. The standard InChI is InChI=1S/C26H33N3O5/c1-6-10-20-13-19(14-22(25(20)31)33-7-2)15-27-29-26(32)24(17(3)4)28-23(30)16-34-21-12-9-8-11-18(21)5/h6,8-9,11-15,17,24,31H,1,7,10,16H2,2-5H3,(H,28,30)(H,29,32)/b27-15-/t24-/m1/s1. The van der Waals surface area contributed by atoms with Gasteiger partial charge in [-0.3, -0.25) is 9.59 Å². The van der Waals surface area contributed by atoms with Gasteiger partial charge in [-0.1, -0.05) is 38.1 Å². The summed E-state index contributed by atoms with van der Waals surface area (Å²) in [7, 11) is 0. The highest BCUT2D eigenvalue weighted by molar-refractivity contribution is 5.89. The number of benzene rings is 2. The summed E-state index contributed by atoms with van der Waals surface area (Å²) in [5.74, 6) is -0.0336. The molecule has 0 fully saturated rings. The topological polar surface area (TPSA) is 109 Å². The van der Waals surface area contributed by atoms with Crippen molar-refractivity contribution in [3.8, 4) is 17.2 Å². The highest BCUT2D eigenvalue weighted by Crippen LogP contribution is 2.32. The largest absolute Gasteiger partial charge is 0.504 e. The lowest BCUT2D eigenvalue weighted by atomic mass is 10.0. The second-order valence-electron chi connectivity index (χ2n) is 8.03. The molecule has 0 spiro atoms. The monoisotopic (exact) mass is 467 g/mol. The Kier molecular flexibility index (Phi) is 10.1. The van der Waals surface area contributed by atoms with Crippen molar-refractivity contribution >= 4 is 18.0 Å². The number of hydrogen-bond acceptors (Lipinski definition) is 6. The fourth-order valence-corrected chi connectivity index (χ4v) is 3.19. The van der Waals surface area contributed by atoms with Gasteiger partial charge in [0.05, 0.1) is 12.8 Å². The van der Waals surface area contributed by atoms with Gasteiger partial charge in [0.1, 0.15) is 11.8 Å². The van der Waals surface area contributed by atoms with Gasteiger partial charge < -0.3 is 19.9 Å². The summed E-state index contributed by atoms with van der Waals surface area (Å²) in [5.41, 5.74) is 4.66. The molecule has 0 aliphatic carbocycles. The molecule has 0 saturated heterocycles. The molecule has 2 aromatic rings. The van der Waals surface area contributed by atoms with Gasteiger partial charge in [0.2, 0.25) is 0 Å².